The number of hydrogen-bond donors (Lipinski definition) is 4. The van der Waals surface area contributed by atoms with E-state index in [0.29, 0.717) is 24.0 Å². The minimum absolute atomic E-state index is 0.156. The van der Waals surface area contributed by atoms with Crippen LogP contribution in [0.25, 0.3) is 0 Å². The Balaban J connectivity index is 2.15. The van der Waals surface area contributed by atoms with Crippen molar-refractivity contribution in [3.63, 3.8) is 0 Å². The summed E-state index contributed by atoms with van der Waals surface area (Å²) >= 11 is 0. The van der Waals surface area contributed by atoms with Crippen molar-refractivity contribution in [1.29, 1.82) is 0 Å². The van der Waals surface area contributed by atoms with Crippen LogP contribution < -0.4 is 16.6 Å². The Morgan fingerprint density at radius 1 is 1.32 bits per heavy atom. The van der Waals surface area contributed by atoms with Crippen LogP contribution in [-0.2, 0) is 5.41 Å². The number of aromatic nitrogens is 2. The fraction of sp³-hybridized carbons (Fsp3) is 0.692. The molecule has 0 aliphatic heterocycles. The normalized spacial score (nSPS) is 17.7. The number of hydrazine groups is 1. The molecule has 1 saturated carbocycles. The molecular formula is C13H23N5O. The first-order valence-corrected chi connectivity index (χ1v) is 6.65. The van der Waals surface area contributed by atoms with Gasteiger partial charge in [0.25, 0.3) is 0 Å². The van der Waals surface area contributed by atoms with Crippen LogP contribution >= 0.6 is 0 Å². The van der Waals surface area contributed by atoms with Gasteiger partial charge in [-0.2, -0.15) is 0 Å². The third-order valence-corrected chi connectivity index (χ3v) is 3.43. The van der Waals surface area contributed by atoms with Crippen molar-refractivity contribution in [2.24, 2.45) is 5.84 Å². The molecule has 0 amide bonds. The molecule has 0 radical (unpaired) electrons. The van der Waals surface area contributed by atoms with Crippen LogP contribution in [0.5, 0.6) is 0 Å². The Morgan fingerprint density at radius 2 is 1.95 bits per heavy atom. The van der Waals surface area contributed by atoms with Gasteiger partial charge in [0.1, 0.15) is 17.5 Å². The Bertz CT molecular complexity index is 451. The van der Waals surface area contributed by atoms with Crippen molar-refractivity contribution >= 4 is 11.6 Å². The van der Waals surface area contributed by atoms with Gasteiger partial charge in [-0.25, -0.2) is 15.8 Å². The smallest absolute Gasteiger partial charge is 0.145 e. The molecule has 6 heteroatoms. The van der Waals surface area contributed by atoms with Gasteiger partial charge in [-0.05, 0) is 19.3 Å². The fourth-order valence-corrected chi connectivity index (χ4v) is 1.96. The summed E-state index contributed by atoms with van der Waals surface area (Å²) < 4.78 is 0. The second-order valence-electron chi connectivity index (χ2n) is 6.29. The third kappa shape index (κ3) is 3.33. The highest BCUT2D eigenvalue weighted by molar-refractivity contribution is 5.47. The second-order valence-corrected chi connectivity index (χ2v) is 6.29. The number of nitrogens with zero attached hydrogens (tertiary/aromatic N) is 2. The number of aliphatic hydroxyl groups is 1. The lowest BCUT2D eigenvalue weighted by molar-refractivity contribution is -0.0202. The van der Waals surface area contributed by atoms with Crippen LogP contribution in [0.1, 0.15) is 45.9 Å². The maximum absolute atomic E-state index is 10.1. The lowest BCUT2D eigenvalue weighted by atomic mass is 9.80. The molecule has 0 aromatic carbocycles. The summed E-state index contributed by atoms with van der Waals surface area (Å²) in [5.74, 6) is 7.41. The molecule has 5 N–H and O–H groups in total. The molecule has 1 heterocycles. The van der Waals surface area contributed by atoms with Gasteiger partial charge < -0.3 is 15.8 Å². The molecule has 0 unspecified atom stereocenters. The summed E-state index contributed by atoms with van der Waals surface area (Å²) in [7, 11) is 0. The van der Waals surface area contributed by atoms with Crippen LogP contribution in [0, 0.1) is 0 Å². The van der Waals surface area contributed by atoms with Gasteiger partial charge >= 0.3 is 0 Å². The van der Waals surface area contributed by atoms with Gasteiger partial charge in [0.05, 0.1) is 5.60 Å². The van der Waals surface area contributed by atoms with E-state index in [1.165, 1.54) is 0 Å². The van der Waals surface area contributed by atoms with Crippen LogP contribution in [0.3, 0.4) is 0 Å². The first-order chi connectivity index (χ1) is 8.82. The summed E-state index contributed by atoms with van der Waals surface area (Å²) in [4.78, 5) is 8.84. The Hall–Kier alpha value is -1.40. The van der Waals surface area contributed by atoms with Crippen molar-refractivity contribution in [2.45, 2.75) is 51.0 Å². The fourth-order valence-electron chi connectivity index (χ4n) is 1.96. The Kier molecular flexibility index (Phi) is 3.64. The van der Waals surface area contributed by atoms with Crippen LogP contribution in [-0.4, -0.2) is 27.2 Å². The molecule has 1 aromatic heterocycles. The zero-order valence-electron chi connectivity index (χ0n) is 11.8. The quantitative estimate of drug-likeness (QED) is 0.485. The molecule has 1 aromatic rings. The molecule has 1 aliphatic rings. The molecule has 0 spiro atoms. The predicted octanol–water partition coefficient (Wildman–Crippen LogP) is 1.39. The standard InChI is InChI=1S/C13H23N5O/c1-12(2,3)11-16-9(7-10(17-11)18-14)15-8-13(19)5-4-6-13/h7,19H,4-6,8,14H2,1-3H3,(H2,15,16,17,18). The summed E-state index contributed by atoms with van der Waals surface area (Å²) in [5.41, 5.74) is 1.82. The van der Waals surface area contributed by atoms with E-state index in [0.717, 1.165) is 19.3 Å². The molecule has 1 aliphatic carbocycles. The predicted molar refractivity (Wildman–Crippen MR) is 75.8 cm³/mol. The number of nitrogen functional groups attached to an aromatic ring is 1. The summed E-state index contributed by atoms with van der Waals surface area (Å²) in [6.07, 6.45) is 2.78. The first-order valence-electron chi connectivity index (χ1n) is 6.65. The monoisotopic (exact) mass is 265 g/mol. The molecule has 1 fully saturated rings. The van der Waals surface area contributed by atoms with E-state index in [1.54, 1.807) is 6.07 Å². The molecule has 19 heavy (non-hydrogen) atoms. The summed E-state index contributed by atoms with van der Waals surface area (Å²) in [5, 5.41) is 13.3. The highest BCUT2D eigenvalue weighted by Crippen LogP contribution is 2.31. The summed E-state index contributed by atoms with van der Waals surface area (Å²) in [6.45, 7) is 6.65. The van der Waals surface area contributed by atoms with Crippen LogP contribution in [0.15, 0.2) is 6.07 Å². The van der Waals surface area contributed by atoms with Gasteiger partial charge in [0.15, 0.2) is 0 Å². The lowest BCUT2D eigenvalue weighted by Crippen LogP contribution is -2.43. The van der Waals surface area contributed by atoms with Gasteiger partial charge in [-0.15, -0.1) is 0 Å². The minimum atomic E-state index is -0.580. The zero-order chi connectivity index (χ0) is 14.1. The maximum atomic E-state index is 10.1. The summed E-state index contributed by atoms with van der Waals surface area (Å²) in [6, 6.07) is 1.75. The van der Waals surface area contributed by atoms with E-state index >= 15 is 0 Å². The minimum Gasteiger partial charge on any atom is -0.388 e. The number of hydrogen-bond acceptors (Lipinski definition) is 6. The molecule has 6 nitrogen and oxygen atoms in total. The first kappa shape index (κ1) is 14.0. The van der Waals surface area contributed by atoms with Crippen LogP contribution in [0.2, 0.25) is 0 Å². The topological polar surface area (TPSA) is 96.1 Å². The number of nitrogens with two attached hydrogens (primary N) is 1. The van der Waals surface area contributed by atoms with Gasteiger partial charge in [0.2, 0.25) is 0 Å². The van der Waals surface area contributed by atoms with E-state index in [2.05, 4.69) is 20.7 Å². The molecular weight excluding hydrogens is 242 g/mol. The van der Waals surface area contributed by atoms with Crippen molar-refractivity contribution in [1.82, 2.24) is 9.97 Å². The van der Waals surface area contributed by atoms with Crippen LogP contribution in [0.4, 0.5) is 11.6 Å². The molecule has 2 rings (SSSR count). The molecule has 0 bridgehead atoms. The zero-order valence-corrected chi connectivity index (χ0v) is 11.8. The third-order valence-electron chi connectivity index (χ3n) is 3.43. The van der Waals surface area contributed by atoms with Gasteiger partial charge in [-0.3, -0.25) is 0 Å². The average molecular weight is 265 g/mol. The van der Waals surface area contributed by atoms with Gasteiger partial charge in [0, 0.05) is 18.0 Å². The van der Waals surface area contributed by atoms with Crippen molar-refractivity contribution in [3.8, 4) is 0 Å². The lowest BCUT2D eigenvalue weighted by Gasteiger charge is -2.36. The van der Waals surface area contributed by atoms with Crippen molar-refractivity contribution in [2.75, 3.05) is 17.3 Å². The average Bonchev–Trinajstić information content (AvgIpc) is 2.32. The van der Waals surface area contributed by atoms with E-state index in [4.69, 9.17) is 5.84 Å². The number of nitrogens with one attached hydrogen (secondary N) is 2. The Labute approximate surface area is 113 Å². The second kappa shape index (κ2) is 4.94. The largest absolute Gasteiger partial charge is 0.388 e. The van der Waals surface area contributed by atoms with E-state index < -0.39 is 5.60 Å². The van der Waals surface area contributed by atoms with Crippen molar-refractivity contribution in [3.05, 3.63) is 11.9 Å². The highest BCUT2D eigenvalue weighted by Gasteiger charge is 2.34. The van der Waals surface area contributed by atoms with E-state index in [-0.39, 0.29) is 5.41 Å². The molecule has 0 atom stereocenters. The Morgan fingerprint density at radius 3 is 2.42 bits per heavy atom. The molecule has 0 saturated heterocycles. The van der Waals surface area contributed by atoms with Crippen molar-refractivity contribution < 1.29 is 5.11 Å². The number of anilines is 2. The highest BCUT2D eigenvalue weighted by atomic mass is 16.3. The van der Waals surface area contributed by atoms with Gasteiger partial charge in [-0.1, -0.05) is 20.8 Å². The maximum Gasteiger partial charge on any atom is 0.145 e. The number of rotatable bonds is 4. The molecule has 106 valence electrons. The van der Waals surface area contributed by atoms with E-state index in [9.17, 15) is 5.11 Å². The van der Waals surface area contributed by atoms with E-state index in [1.807, 2.05) is 20.8 Å². The SMILES string of the molecule is CC(C)(C)c1nc(NN)cc(NCC2(O)CCC2)n1.